The monoisotopic (exact) mass is 647 g/mol. The van der Waals surface area contributed by atoms with Crippen LogP contribution >= 0.6 is 0 Å². The Labute approximate surface area is 288 Å². The first-order chi connectivity index (χ1) is 23.5. The number of carbonyl (C=O) groups is 1. The highest BCUT2D eigenvalue weighted by molar-refractivity contribution is 5.75. The van der Waals surface area contributed by atoms with Crippen LogP contribution in [-0.2, 0) is 52.8 Å². The number of likely N-dealkylation sites (N-methyl/N-ethyl adjacent to an activating group) is 1. The molecule has 0 bridgehead atoms. The quantitative estimate of drug-likeness (QED) is 0.108. The number of fused-ring (bicyclic) bond motifs is 2. The number of carbonyl (C=O) groups excluding carboxylic acids is 1. The zero-order valence-electron chi connectivity index (χ0n) is 29.4. The molecule has 0 spiro atoms. The zero-order chi connectivity index (χ0) is 33.7. The summed E-state index contributed by atoms with van der Waals surface area (Å²) in [6.07, 6.45) is 7.64. The van der Waals surface area contributed by atoms with Crippen LogP contribution in [-0.4, -0.2) is 50.4 Å². The number of ether oxygens (including phenoxy) is 3. The molecule has 4 aromatic rings. The predicted octanol–water partition coefficient (Wildman–Crippen LogP) is 8.52. The first kappa shape index (κ1) is 35.4. The van der Waals surface area contributed by atoms with Crippen molar-refractivity contribution >= 4 is 5.97 Å². The van der Waals surface area contributed by atoms with Gasteiger partial charge in [0.25, 0.3) is 0 Å². The lowest BCUT2D eigenvalue weighted by molar-refractivity contribution is -0.156. The molecule has 4 aromatic carbocycles. The number of rotatable bonds is 17. The van der Waals surface area contributed by atoms with Crippen molar-refractivity contribution in [2.24, 2.45) is 0 Å². The van der Waals surface area contributed by atoms with Crippen LogP contribution < -0.4 is 4.74 Å². The van der Waals surface area contributed by atoms with Gasteiger partial charge in [-0.15, -0.1) is 0 Å². The Morgan fingerprint density at radius 1 is 0.750 bits per heavy atom. The molecule has 0 amide bonds. The van der Waals surface area contributed by atoms with Gasteiger partial charge in [-0.2, -0.15) is 0 Å². The van der Waals surface area contributed by atoms with Crippen molar-refractivity contribution in [2.45, 2.75) is 84.3 Å². The molecule has 0 N–H and O–H groups in total. The van der Waals surface area contributed by atoms with Crippen molar-refractivity contribution in [3.05, 3.63) is 136 Å². The van der Waals surface area contributed by atoms with E-state index in [4.69, 9.17) is 14.2 Å². The Hall–Kier alpha value is -3.93. The van der Waals surface area contributed by atoms with Gasteiger partial charge in [0.05, 0.1) is 12.6 Å². The van der Waals surface area contributed by atoms with Gasteiger partial charge in [0.15, 0.2) is 6.10 Å². The summed E-state index contributed by atoms with van der Waals surface area (Å²) in [5.41, 5.74) is 11.0. The predicted molar refractivity (Wildman–Crippen MR) is 195 cm³/mol. The summed E-state index contributed by atoms with van der Waals surface area (Å²) in [5, 5.41) is 0. The minimum atomic E-state index is -0.594. The van der Waals surface area contributed by atoms with Crippen LogP contribution in [0.1, 0.15) is 84.2 Å². The van der Waals surface area contributed by atoms with Crippen LogP contribution in [0, 0.1) is 0 Å². The Morgan fingerprint density at radius 2 is 1.46 bits per heavy atom. The van der Waals surface area contributed by atoms with E-state index >= 15 is 0 Å². The average Bonchev–Trinajstić information content (AvgIpc) is 3.27. The fourth-order valence-corrected chi connectivity index (χ4v) is 6.83. The normalized spacial score (nSPS) is 14.6. The van der Waals surface area contributed by atoms with Crippen LogP contribution in [0.5, 0.6) is 5.75 Å². The lowest BCUT2D eigenvalue weighted by Crippen LogP contribution is -2.30. The highest BCUT2D eigenvalue weighted by atomic mass is 16.6. The molecular weight excluding hydrogens is 594 g/mol. The highest BCUT2D eigenvalue weighted by Crippen LogP contribution is 2.37. The van der Waals surface area contributed by atoms with E-state index < -0.39 is 6.10 Å². The van der Waals surface area contributed by atoms with E-state index in [0.29, 0.717) is 26.2 Å². The topological polar surface area (TPSA) is 48.0 Å². The first-order valence-corrected chi connectivity index (χ1v) is 18.0. The smallest absolute Gasteiger partial charge is 0.335 e. The van der Waals surface area contributed by atoms with Crippen molar-refractivity contribution in [2.75, 3.05) is 33.4 Å². The SMILES string of the molecule is CCCCc1ccc2c(c1)C(N(C)CCOc1ccc(CC(OCC)C(=O)OCC)cc1)c1ccc(CCc3ccccc3)cc1CC2. The number of unbranched alkanes of at least 4 members (excludes halogenated alkanes) is 1. The lowest BCUT2D eigenvalue weighted by Gasteiger charge is -2.31. The summed E-state index contributed by atoms with van der Waals surface area (Å²) < 4.78 is 17.1. The van der Waals surface area contributed by atoms with Crippen molar-refractivity contribution in [1.82, 2.24) is 4.90 Å². The molecule has 0 radical (unpaired) electrons. The molecule has 0 fully saturated rings. The molecule has 5 heteroatoms. The van der Waals surface area contributed by atoms with Gasteiger partial charge in [-0.3, -0.25) is 4.90 Å². The number of nitrogens with zero attached hydrogens (tertiary/aromatic N) is 1. The number of hydrogen-bond acceptors (Lipinski definition) is 5. The zero-order valence-corrected chi connectivity index (χ0v) is 29.4. The Balaban J connectivity index is 1.29. The number of aryl methyl sites for hydroxylation is 5. The third-order valence-corrected chi connectivity index (χ3v) is 9.45. The summed E-state index contributed by atoms with van der Waals surface area (Å²) in [7, 11) is 2.24. The van der Waals surface area contributed by atoms with E-state index in [1.807, 2.05) is 38.1 Å². The van der Waals surface area contributed by atoms with Crippen molar-refractivity contribution in [1.29, 1.82) is 0 Å². The third kappa shape index (κ3) is 9.58. The van der Waals surface area contributed by atoms with Crippen molar-refractivity contribution < 1.29 is 19.0 Å². The van der Waals surface area contributed by atoms with Crippen LogP contribution in [0.2, 0.25) is 0 Å². The van der Waals surface area contributed by atoms with E-state index in [1.54, 1.807) is 0 Å². The van der Waals surface area contributed by atoms with Gasteiger partial charge in [-0.1, -0.05) is 92.2 Å². The second-order valence-corrected chi connectivity index (χ2v) is 12.9. The van der Waals surface area contributed by atoms with Gasteiger partial charge in [-0.05, 0) is 116 Å². The van der Waals surface area contributed by atoms with Crippen molar-refractivity contribution in [3.63, 3.8) is 0 Å². The maximum Gasteiger partial charge on any atom is 0.335 e. The average molecular weight is 648 g/mol. The molecule has 2 atom stereocenters. The van der Waals surface area contributed by atoms with E-state index in [9.17, 15) is 4.79 Å². The molecule has 48 heavy (non-hydrogen) atoms. The highest BCUT2D eigenvalue weighted by Gasteiger charge is 2.28. The van der Waals surface area contributed by atoms with E-state index in [2.05, 4.69) is 85.6 Å². The largest absolute Gasteiger partial charge is 0.492 e. The van der Waals surface area contributed by atoms with E-state index in [1.165, 1.54) is 51.8 Å². The van der Waals surface area contributed by atoms with Crippen LogP contribution in [0.4, 0.5) is 0 Å². The molecule has 0 aromatic heterocycles. The van der Waals surface area contributed by atoms with Gasteiger partial charge in [0.2, 0.25) is 0 Å². The van der Waals surface area contributed by atoms with Gasteiger partial charge in [0, 0.05) is 19.6 Å². The van der Waals surface area contributed by atoms with E-state index in [-0.39, 0.29) is 12.0 Å². The Bertz CT molecular complexity index is 1580. The number of esters is 1. The van der Waals surface area contributed by atoms with Crippen LogP contribution in [0.25, 0.3) is 0 Å². The Morgan fingerprint density at radius 3 is 2.21 bits per heavy atom. The van der Waals surface area contributed by atoms with E-state index in [0.717, 1.165) is 50.0 Å². The van der Waals surface area contributed by atoms with Gasteiger partial charge in [0.1, 0.15) is 12.4 Å². The molecule has 5 nitrogen and oxygen atoms in total. The van der Waals surface area contributed by atoms with Crippen molar-refractivity contribution in [3.8, 4) is 5.75 Å². The second kappa shape index (κ2) is 18.0. The summed E-state index contributed by atoms with van der Waals surface area (Å²) in [5.74, 6) is 0.507. The standard InChI is InChI=1S/C43H53NO4/c1-5-8-12-33-17-21-36-22-23-37-29-34(16-15-32-13-10-9-11-14-32)20-26-39(37)42(40(36)30-33)44(4)27-28-48-38-24-18-35(19-25-38)31-41(46-6-2)43(45)47-7-3/h9-11,13-14,17-21,24-26,29-30,41-42H,5-8,12,15-16,22-23,27-28,31H2,1-4H3. The summed E-state index contributed by atoms with van der Waals surface area (Å²) in [6, 6.07) is 33.4. The molecule has 5 rings (SSSR count). The lowest BCUT2D eigenvalue weighted by atomic mass is 9.90. The molecular formula is C43H53NO4. The first-order valence-electron chi connectivity index (χ1n) is 18.0. The summed E-state index contributed by atoms with van der Waals surface area (Å²) in [6.45, 7) is 8.14. The minimum Gasteiger partial charge on any atom is -0.492 e. The maximum atomic E-state index is 12.3. The fraction of sp³-hybridized carbons (Fsp3) is 0.419. The van der Waals surface area contributed by atoms with Gasteiger partial charge < -0.3 is 14.2 Å². The number of benzene rings is 4. The molecule has 2 unspecified atom stereocenters. The molecule has 1 aliphatic rings. The Kier molecular flexibility index (Phi) is 13.3. The van der Waals surface area contributed by atoms with Crippen LogP contribution in [0.3, 0.4) is 0 Å². The summed E-state index contributed by atoms with van der Waals surface area (Å²) in [4.78, 5) is 14.8. The molecule has 0 saturated heterocycles. The minimum absolute atomic E-state index is 0.173. The molecule has 1 aliphatic carbocycles. The van der Waals surface area contributed by atoms with Gasteiger partial charge in [-0.25, -0.2) is 4.79 Å². The molecule has 0 aliphatic heterocycles. The fourth-order valence-electron chi connectivity index (χ4n) is 6.83. The maximum absolute atomic E-state index is 12.3. The van der Waals surface area contributed by atoms with Crippen LogP contribution in [0.15, 0.2) is 91.0 Å². The molecule has 0 heterocycles. The molecule has 254 valence electrons. The second-order valence-electron chi connectivity index (χ2n) is 12.9. The van der Waals surface area contributed by atoms with Gasteiger partial charge >= 0.3 is 5.97 Å². The third-order valence-electron chi connectivity index (χ3n) is 9.45. The molecule has 0 saturated carbocycles. The summed E-state index contributed by atoms with van der Waals surface area (Å²) >= 11 is 0. The number of hydrogen-bond donors (Lipinski definition) is 0.